The Hall–Kier alpha value is -0.440. The summed E-state index contributed by atoms with van der Waals surface area (Å²) in [5.41, 5.74) is 0. The third-order valence-corrected chi connectivity index (χ3v) is 2.16. The Morgan fingerprint density at radius 3 is 0.867 bits per heavy atom. The Balaban J connectivity index is -0.000000166. The van der Waals surface area contributed by atoms with Gasteiger partial charge in [0.25, 0.3) is 0 Å². The highest BCUT2D eigenvalue weighted by Crippen LogP contribution is 2.00. The van der Waals surface area contributed by atoms with Crippen LogP contribution in [0.25, 0.3) is 0 Å². The lowest BCUT2D eigenvalue weighted by Gasteiger charge is -1.90. The summed E-state index contributed by atoms with van der Waals surface area (Å²) in [4.78, 5) is 0. The molecule has 0 fully saturated rings. The lowest BCUT2D eigenvalue weighted by molar-refractivity contribution is 0.656. The van der Waals surface area contributed by atoms with E-state index in [0.29, 0.717) is 0 Å². The van der Waals surface area contributed by atoms with Crippen LogP contribution in [0.15, 0.2) is 0 Å². The van der Waals surface area contributed by atoms with E-state index in [-0.39, 0.29) is 0 Å². The van der Waals surface area contributed by atoms with Crippen molar-refractivity contribution in [2.75, 3.05) is 0 Å². The van der Waals surface area contributed by atoms with Crippen LogP contribution < -0.4 is 0 Å². The van der Waals surface area contributed by atoms with E-state index in [1.54, 1.807) is 0 Å². The average Bonchev–Trinajstić information content (AvgIpc) is 2.31. The topological polar surface area (TPSA) is 0 Å². The summed E-state index contributed by atoms with van der Waals surface area (Å²) in [5.74, 6) is 0. The normalized spacial score (nSPS) is 8.13. The second kappa shape index (κ2) is 29.2. The Labute approximate surface area is 98.9 Å². The van der Waals surface area contributed by atoms with E-state index in [1.807, 2.05) is 0 Å². The molecule has 0 spiro atoms. The molecule has 0 N–H and O–H groups in total. The van der Waals surface area contributed by atoms with E-state index in [9.17, 15) is 0 Å². The molecule has 0 aliphatic carbocycles. The molecule has 15 heavy (non-hydrogen) atoms. The van der Waals surface area contributed by atoms with Crippen molar-refractivity contribution in [3.8, 4) is 12.8 Å². The van der Waals surface area contributed by atoms with Gasteiger partial charge >= 0.3 is 0 Å². The third kappa shape index (κ3) is 42.1. The minimum atomic E-state index is 1.36. The van der Waals surface area contributed by atoms with Crippen molar-refractivity contribution in [1.29, 1.82) is 0 Å². The molecule has 0 aromatic rings. The fourth-order valence-electron chi connectivity index (χ4n) is 1.18. The van der Waals surface area contributed by atoms with Gasteiger partial charge in [-0.3, -0.25) is 0 Å². The number of unbranched alkanes of at least 4 members (excludes halogenated alkanes) is 7. The second-order valence-electron chi connectivity index (χ2n) is 3.77. The Morgan fingerprint density at radius 2 is 0.667 bits per heavy atom. The molecule has 0 atom stereocenters. The molecule has 0 bridgehead atoms. The molecular formula is C15H32. The predicted octanol–water partition coefficient (Wildman–Crippen LogP) is 5.81. The summed E-state index contributed by atoms with van der Waals surface area (Å²) >= 11 is 0. The first kappa shape index (κ1) is 20.0. The van der Waals surface area contributed by atoms with E-state index in [2.05, 4.69) is 40.5 Å². The van der Waals surface area contributed by atoms with Gasteiger partial charge in [0.05, 0.1) is 0 Å². The first-order valence-corrected chi connectivity index (χ1v) is 6.66. The largest absolute Gasteiger partial charge is 0.124 e. The van der Waals surface area contributed by atoms with Gasteiger partial charge in [-0.25, -0.2) is 0 Å². The van der Waals surface area contributed by atoms with Crippen molar-refractivity contribution in [3.05, 3.63) is 0 Å². The zero-order valence-electron chi connectivity index (χ0n) is 11.5. The van der Waals surface area contributed by atoms with Crippen LogP contribution in [0.4, 0.5) is 0 Å². The third-order valence-electron chi connectivity index (χ3n) is 2.16. The summed E-state index contributed by atoms with van der Waals surface area (Å²) in [5, 5.41) is 0. The molecule has 0 amide bonds. The lowest BCUT2D eigenvalue weighted by atomic mass is 10.2. The number of hydrogen-bond donors (Lipinski definition) is 0. The van der Waals surface area contributed by atoms with Gasteiger partial charge in [0, 0.05) is 0 Å². The summed E-state index contributed by atoms with van der Waals surface area (Å²) < 4.78 is 0. The first-order valence-electron chi connectivity index (χ1n) is 6.66. The average molecular weight is 212 g/mol. The van der Waals surface area contributed by atoms with Crippen LogP contribution >= 0.6 is 0 Å². The van der Waals surface area contributed by atoms with Gasteiger partial charge in [-0.2, -0.15) is 0 Å². The molecule has 0 aliphatic heterocycles. The zero-order valence-corrected chi connectivity index (χ0v) is 11.5. The molecule has 0 saturated carbocycles. The van der Waals surface area contributed by atoms with Crippen molar-refractivity contribution in [2.24, 2.45) is 0 Å². The zero-order chi connectivity index (χ0) is 12.4. The highest BCUT2D eigenvalue weighted by Gasteiger charge is 1.80. The molecule has 0 radical (unpaired) electrons. The first-order chi connectivity index (χ1) is 7.33. The minimum absolute atomic E-state index is 1.36. The van der Waals surface area contributed by atoms with Gasteiger partial charge in [-0.15, -0.1) is 12.8 Å². The Morgan fingerprint density at radius 1 is 0.467 bits per heavy atom. The summed E-state index contributed by atoms with van der Waals surface area (Å²) in [7, 11) is 0. The second-order valence-corrected chi connectivity index (χ2v) is 3.77. The van der Waals surface area contributed by atoms with E-state index in [1.165, 1.54) is 57.8 Å². The van der Waals surface area contributed by atoms with Crippen LogP contribution in [-0.2, 0) is 0 Å². The molecule has 0 heteroatoms. The maximum Gasteiger partial charge on any atom is -0.0533 e. The summed E-state index contributed by atoms with van der Waals surface area (Å²) in [6.45, 7) is 8.95. The van der Waals surface area contributed by atoms with E-state index in [0.717, 1.165) is 0 Å². The molecule has 0 heterocycles. The molecule has 0 saturated heterocycles. The van der Waals surface area contributed by atoms with Crippen LogP contribution in [0.3, 0.4) is 0 Å². The van der Waals surface area contributed by atoms with Crippen LogP contribution in [0.2, 0.25) is 0 Å². The van der Waals surface area contributed by atoms with Crippen molar-refractivity contribution >= 4 is 0 Å². The number of rotatable bonds is 7. The van der Waals surface area contributed by atoms with Crippen molar-refractivity contribution in [1.82, 2.24) is 0 Å². The van der Waals surface area contributed by atoms with Crippen LogP contribution in [-0.4, -0.2) is 0 Å². The SMILES string of the molecule is C#C.CCCCCC.CCCCCCC. The van der Waals surface area contributed by atoms with Gasteiger partial charge in [-0.1, -0.05) is 85.5 Å². The van der Waals surface area contributed by atoms with E-state index < -0.39 is 0 Å². The standard InChI is InChI=1S/C7H16.C6H14.C2H2/c1-3-5-7-6-4-2;1-3-5-6-4-2;1-2/h3-7H2,1-2H3;3-6H2,1-2H3;1-2H. The highest BCUT2D eigenvalue weighted by atomic mass is 13.9. The maximum absolute atomic E-state index is 4.00. The summed E-state index contributed by atoms with van der Waals surface area (Å²) in [6, 6.07) is 0. The quantitative estimate of drug-likeness (QED) is 0.369. The summed E-state index contributed by atoms with van der Waals surface area (Å²) in [6.07, 6.45) is 20.5. The predicted molar refractivity (Wildman–Crippen MR) is 74.1 cm³/mol. The van der Waals surface area contributed by atoms with E-state index in [4.69, 9.17) is 0 Å². The smallest absolute Gasteiger partial charge is 0.0533 e. The molecule has 92 valence electrons. The van der Waals surface area contributed by atoms with Crippen molar-refractivity contribution < 1.29 is 0 Å². The van der Waals surface area contributed by atoms with Crippen LogP contribution in [0.1, 0.15) is 85.5 Å². The monoisotopic (exact) mass is 212 g/mol. The number of hydrogen-bond acceptors (Lipinski definition) is 0. The molecule has 0 nitrogen and oxygen atoms in total. The molecule has 0 aromatic heterocycles. The minimum Gasteiger partial charge on any atom is -0.124 e. The lowest BCUT2D eigenvalue weighted by Crippen LogP contribution is -1.70. The van der Waals surface area contributed by atoms with Crippen LogP contribution in [0, 0.1) is 12.8 Å². The van der Waals surface area contributed by atoms with Crippen molar-refractivity contribution in [3.63, 3.8) is 0 Å². The van der Waals surface area contributed by atoms with Gasteiger partial charge in [0.1, 0.15) is 0 Å². The highest BCUT2D eigenvalue weighted by molar-refractivity contribution is 4.47. The van der Waals surface area contributed by atoms with Crippen molar-refractivity contribution in [2.45, 2.75) is 85.5 Å². The van der Waals surface area contributed by atoms with Crippen LogP contribution in [0.5, 0.6) is 0 Å². The number of terminal acetylenes is 1. The molecular weight excluding hydrogens is 180 g/mol. The molecule has 0 aromatic carbocycles. The Bertz CT molecular complexity index is 73.3. The van der Waals surface area contributed by atoms with Gasteiger partial charge in [0.2, 0.25) is 0 Å². The maximum atomic E-state index is 4.00. The Kier molecular flexibility index (Phi) is 39.0. The van der Waals surface area contributed by atoms with E-state index >= 15 is 0 Å². The molecule has 0 unspecified atom stereocenters. The molecule has 0 aliphatic rings. The molecule has 0 rings (SSSR count). The van der Waals surface area contributed by atoms with Gasteiger partial charge in [-0.05, 0) is 0 Å². The van der Waals surface area contributed by atoms with Gasteiger partial charge < -0.3 is 0 Å². The fraction of sp³-hybridized carbons (Fsp3) is 0.867. The fourth-order valence-corrected chi connectivity index (χ4v) is 1.18. The van der Waals surface area contributed by atoms with Gasteiger partial charge in [0.15, 0.2) is 0 Å².